The van der Waals surface area contributed by atoms with Crippen LogP contribution in [0.2, 0.25) is 0 Å². The van der Waals surface area contributed by atoms with E-state index in [4.69, 9.17) is 0 Å². The predicted molar refractivity (Wildman–Crippen MR) is 50.5 cm³/mol. The van der Waals surface area contributed by atoms with Gasteiger partial charge < -0.3 is 0 Å². The molecule has 1 atom stereocenters. The summed E-state index contributed by atoms with van der Waals surface area (Å²) in [7, 11) is 0. The molecule has 1 aliphatic rings. The quantitative estimate of drug-likeness (QED) is 0.563. The van der Waals surface area contributed by atoms with Crippen LogP contribution >= 0.6 is 0 Å². The molecule has 0 aromatic carbocycles. The van der Waals surface area contributed by atoms with Gasteiger partial charge in [-0.1, -0.05) is 32.4 Å². The molecule has 0 heteroatoms. The molecule has 0 bridgehead atoms. The standard InChI is InChI=1S/C11H18/c1-5-7-11-9(4)8(3)10(11)6-2/h7,9H,5-6H2,1-4H3/b11-7-. The molecule has 0 aliphatic heterocycles. The molecule has 0 amide bonds. The van der Waals surface area contributed by atoms with Crippen LogP contribution in [0.1, 0.15) is 40.5 Å². The van der Waals surface area contributed by atoms with Crippen molar-refractivity contribution in [1.29, 1.82) is 0 Å². The first-order valence-corrected chi connectivity index (χ1v) is 4.62. The van der Waals surface area contributed by atoms with Crippen LogP contribution < -0.4 is 0 Å². The lowest BCUT2D eigenvalue weighted by atomic mass is 9.73. The van der Waals surface area contributed by atoms with Crippen molar-refractivity contribution in [3.8, 4) is 0 Å². The highest BCUT2D eigenvalue weighted by molar-refractivity contribution is 5.50. The lowest BCUT2D eigenvalue weighted by Gasteiger charge is -2.32. The average Bonchev–Trinajstić information content (AvgIpc) is 2.04. The third-order valence-electron chi connectivity index (χ3n) is 2.72. The smallest absolute Gasteiger partial charge is 0.00225 e. The van der Waals surface area contributed by atoms with Crippen molar-refractivity contribution >= 4 is 0 Å². The largest absolute Gasteiger partial charge is 0.0807 e. The lowest BCUT2D eigenvalue weighted by molar-refractivity contribution is 0.699. The molecule has 0 saturated heterocycles. The summed E-state index contributed by atoms with van der Waals surface area (Å²) in [5, 5.41) is 0. The minimum Gasteiger partial charge on any atom is -0.0807 e. The van der Waals surface area contributed by atoms with Crippen LogP contribution in [0.3, 0.4) is 0 Å². The maximum Gasteiger partial charge on any atom is 0.00225 e. The average molecular weight is 150 g/mol. The maximum absolute atomic E-state index is 2.37. The van der Waals surface area contributed by atoms with Crippen molar-refractivity contribution in [1.82, 2.24) is 0 Å². The van der Waals surface area contributed by atoms with Crippen LogP contribution in [0, 0.1) is 5.92 Å². The van der Waals surface area contributed by atoms with Gasteiger partial charge in [-0.05, 0) is 30.9 Å². The summed E-state index contributed by atoms with van der Waals surface area (Å²) in [6.07, 6.45) is 4.76. The molecule has 0 radical (unpaired) electrons. The normalized spacial score (nSPS) is 27.6. The molecule has 0 nitrogen and oxygen atoms in total. The molecular weight excluding hydrogens is 132 g/mol. The molecule has 1 aliphatic carbocycles. The third kappa shape index (κ3) is 1.26. The summed E-state index contributed by atoms with van der Waals surface area (Å²) in [6.45, 7) is 9.02. The van der Waals surface area contributed by atoms with Crippen molar-refractivity contribution in [3.05, 3.63) is 22.8 Å². The predicted octanol–water partition coefficient (Wildman–Crippen LogP) is 3.70. The van der Waals surface area contributed by atoms with Crippen LogP contribution in [-0.4, -0.2) is 0 Å². The lowest BCUT2D eigenvalue weighted by Crippen LogP contribution is -2.17. The van der Waals surface area contributed by atoms with Crippen LogP contribution in [0.4, 0.5) is 0 Å². The highest BCUT2D eigenvalue weighted by Gasteiger charge is 2.25. The molecule has 0 heterocycles. The molecule has 0 saturated carbocycles. The zero-order valence-corrected chi connectivity index (χ0v) is 8.07. The van der Waals surface area contributed by atoms with Gasteiger partial charge >= 0.3 is 0 Å². The molecule has 0 fully saturated rings. The molecule has 0 aromatic rings. The molecule has 1 rings (SSSR count). The number of hydrogen-bond donors (Lipinski definition) is 0. The first-order chi connectivity index (χ1) is 5.22. The van der Waals surface area contributed by atoms with E-state index in [9.17, 15) is 0 Å². The summed E-state index contributed by atoms with van der Waals surface area (Å²) in [4.78, 5) is 0. The van der Waals surface area contributed by atoms with Crippen LogP contribution in [0.5, 0.6) is 0 Å². The minimum atomic E-state index is 0.741. The molecule has 0 spiro atoms. The van der Waals surface area contributed by atoms with E-state index in [1.807, 2.05) is 0 Å². The topological polar surface area (TPSA) is 0 Å². The number of hydrogen-bond acceptors (Lipinski definition) is 0. The van der Waals surface area contributed by atoms with Crippen molar-refractivity contribution in [2.24, 2.45) is 5.92 Å². The van der Waals surface area contributed by atoms with Gasteiger partial charge in [-0.15, -0.1) is 0 Å². The van der Waals surface area contributed by atoms with Gasteiger partial charge in [-0.2, -0.15) is 0 Å². The zero-order chi connectivity index (χ0) is 8.43. The molecule has 0 N–H and O–H groups in total. The van der Waals surface area contributed by atoms with E-state index in [-0.39, 0.29) is 0 Å². The van der Waals surface area contributed by atoms with Gasteiger partial charge in [0.25, 0.3) is 0 Å². The fourth-order valence-electron chi connectivity index (χ4n) is 1.91. The van der Waals surface area contributed by atoms with Gasteiger partial charge in [0.1, 0.15) is 0 Å². The summed E-state index contributed by atoms with van der Waals surface area (Å²) < 4.78 is 0. The first kappa shape index (κ1) is 8.58. The molecule has 1 unspecified atom stereocenters. The Balaban J connectivity index is 2.82. The maximum atomic E-state index is 2.37. The van der Waals surface area contributed by atoms with E-state index < -0.39 is 0 Å². The highest BCUT2D eigenvalue weighted by atomic mass is 14.3. The van der Waals surface area contributed by atoms with E-state index in [0.29, 0.717) is 0 Å². The number of allylic oxidation sites excluding steroid dienone is 4. The second-order valence-corrected chi connectivity index (χ2v) is 3.30. The monoisotopic (exact) mass is 150 g/mol. The van der Waals surface area contributed by atoms with Crippen molar-refractivity contribution < 1.29 is 0 Å². The Bertz CT molecular complexity index is 206. The summed E-state index contributed by atoms with van der Waals surface area (Å²) in [5.74, 6) is 0.741. The van der Waals surface area contributed by atoms with Crippen LogP contribution in [0.15, 0.2) is 22.8 Å². The van der Waals surface area contributed by atoms with Gasteiger partial charge in [-0.25, -0.2) is 0 Å². The fraction of sp³-hybridized carbons (Fsp3) is 0.636. The Hall–Kier alpha value is -0.520. The van der Waals surface area contributed by atoms with E-state index in [0.717, 1.165) is 5.92 Å². The van der Waals surface area contributed by atoms with E-state index in [2.05, 4.69) is 33.8 Å². The van der Waals surface area contributed by atoms with Gasteiger partial charge in [0.2, 0.25) is 0 Å². The third-order valence-corrected chi connectivity index (χ3v) is 2.72. The molecule has 0 aromatic heterocycles. The Morgan fingerprint density at radius 2 is 2.00 bits per heavy atom. The second kappa shape index (κ2) is 3.25. The van der Waals surface area contributed by atoms with E-state index in [1.54, 1.807) is 16.7 Å². The first-order valence-electron chi connectivity index (χ1n) is 4.62. The van der Waals surface area contributed by atoms with Crippen LogP contribution in [0.25, 0.3) is 0 Å². The van der Waals surface area contributed by atoms with Gasteiger partial charge in [0.15, 0.2) is 0 Å². The van der Waals surface area contributed by atoms with Crippen molar-refractivity contribution in [3.63, 3.8) is 0 Å². The van der Waals surface area contributed by atoms with E-state index in [1.165, 1.54) is 12.8 Å². The molecule has 11 heavy (non-hydrogen) atoms. The fourth-order valence-corrected chi connectivity index (χ4v) is 1.91. The summed E-state index contributed by atoms with van der Waals surface area (Å²) in [5.41, 5.74) is 4.82. The van der Waals surface area contributed by atoms with Crippen molar-refractivity contribution in [2.75, 3.05) is 0 Å². The van der Waals surface area contributed by atoms with Crippen molar-refractivity contribution in [2.45, 2.75) is 40.5 Å². The molecular formula is C11H18. The zero-order valence-electron chi connectivity index (χ0n) is 8.07. The Kier molecular flexibility index (Phi) is 2.53. The Morgan fingerprint density at radius 1 is 1.36 bits per heavy atom. The van der Waals surface area contributed by atoms with Crippen LogP contribution in [-0.2, 0) is 0 Å². The Labute approximate surface area is 70.0 Å². The number of rotatable bonds is 2. The second-order valence-electron chi connectivity index (χ2n) is 3.30. The van der Waals surface area contributed by atoms with E-state index >= 15 is 0 Å². The highest BCUT2D eigenvalue weighted by Crippen LogP contribution is 2.41. The molecule has 62 valence electrons. The van der Waals surface area contributed by atoms with Gasteiger partial charge in [0, 0.05) is 5.92 Å². The van der Waals surface area contributed by atoms with Gasteiger partial charge in [-0.3, -0.25) is 0 Å². The minimum absolute atomic E-state index is 0.741. The summed E-state index contributed by atoms with van der Waals surface area (Å²) >= 11 is 0. The Morgan fingerprint density at radius 3 is 2.45 bits per heavy atom. The SMILES string of the molecule is CC/C=C1\C(CC)=C(C)C1C. The summed E-state index contributed by atoms with van der Waals surface area (Å²) in [6, 6.07) is 0. The van der Waals surface area contributed by atoms with Gasteiger partial charge in [0.05, 0.1) is 0 Å².